The minimum atomic E-state index is -1.01. The first-order valence-electron chi connectivity index (χ1n) is 5.88. The third-order valence-corrected chi connectivity index (χ3v) is 2.82. The van der Waals surface area contributed by atoms with Crippen LogP contribution in [0.3, 0.4) is 0 Å². The van der Waals surface area contributed by atoms with Gasteiger partial charge in [0.2, 0.25) is 5.91 Å². The number of hydrogen-bond donors (Lipinski definition) is 2. The standard InChI is InChI=1S/C13H16BrNO4/c14-11-3-1-2-10(8-11)4-5-12(16)15-6-7-19-9-13(17)18/h1-3,8H,4-7,9H2,(H,15,16)(H,17,18). The molecule has 2 N–H and O–H groups in total. The molecule has 19 heavy (non-hydrogen) atoms. The van der Waals surface area contributed by atoms with E-state index in [4.69, 9.17) is 9.84 Å². The van der Waals surface area contributed by atoms with Gasteiger partial charge in [-0.3, -0.25) is 4.79 Å². The van der Waals surface area contributed by atoms with E-state index in [0.29, 0.717) is 19.4 Å². The molecule has 0 saturated heterocycles. The van der Waals surface area contributed by atoms with Crippen LogP contribution in [0, 0.1) is 0 Å². The van der Waals surface area contributed by atoms with Crippen LogP contribution >= 0.6 is 15.9 Å². The molecule has 0 heterocycles. The van der Waals surface area contributed by atoms with Gasteiger partial charge in [0, 0.05) is 17.4 Å². The van der Waals surface area contributed by atoms with Crippen molar-refractivity contribution in [3.05, 3.63) is 34.3 Å². The predicted octanol–water partition coefficient (Wildman–Crippen LogP) is 1.60. The lowest BCUT2D eigenvalue weighted by Gasteiger charge is -2.05. The van der Waals surface area contributed by atoms with Crippen molar-refractivity contribution < 1.29 is 19.4 Å². The summed E-state index contributed by atoms with van der Waals surface area (Å²) in [6, 6.07) is 7.80. The molecule has 5 nitrogen and oxygen atoms in total. The molecule has 0 saturated carbocycles. The fourth-order valence-electron chi connectivity index (χ4n) is 1.46. The van der Waals surface area contributed by atoms with E-state index in [-0.39, 0.29) is 19.1 Å². The molecular formula is C13H16BrNO4. The van der Waals surface area contributed by atoms with Crippen molar-refractivity contribution >= 4 is 27.8 Å². The Morgan fingerprint density at radius 1 is 1.37 bits per heavy atom. The largest absolute Gasteiger partial charge is 0.480 e. The Morgan fingerprint density at radius 3 is 2.84 bits per heavy atom. The Labute approximate surface area is 120 Å². The second-order valence-corrected chi connectivity index (χ2v) is 4.84. The first-order chi connectivity index (χ1) is 9.08. The van der Waals surface area contributed by atoms with Gasteiger partial charge in [0.05, 0.1) is 6.61 Å². The molecule has 0 bridgehead atoms. The van der Waals surface area contributed by atoms with Crippen molar-refractivity contribution in [3.63, 3.8) is 0 Å². The quantitative estimate of drug-likeness (QED) is 0.710. The topological polar surface area (TPSA) is 75.6 Å². The number of ether oxygens (including phenoxy) is 1. The number of carbonyl (C=O) groups is 2. The van der Waals surface area contributed by atoms with E-state index in [1.54, 1.807) is 0 Å². The highest BCUT2D eigenvalue weighted by Crippen LogP contribution is 2.12. The van der Waals surface area contributed by atoms with Crippen molar-refractivity contribution in [2.24, 2.45) is 0 Å². The van der Waals surface area contributed by atoms with Gasteiger partial charge in [-0.15, -0.1) is 0 Å². The van der Waals surface area contributed by atoms with Gasteiger partial charge < -0.3 is 15.2 Å². The summed E-state index contributed by atoms with van der Waals surface area (Å²) in [7, 11) is 0. The van der Waals surface area contributed by atoms with Crippen LogP contribution in [0.4, 0.5) is 0 Å². The van der Waals surface area contributed by atoms with E-state index in [1.807, 2.05) is 24.3 Å². The predicted molar refractivity (Wildman–Crippen MR) is 73.9 cm³/mol. The van der Waals surface area contributed by atoms with Gasteiger partial charge in [-0.05, 0) is 24.1 Å². The maximum atomic E-state index is 11.5. The maximum Gasteiger partial charge on any atom is 0.329 e. The lowest BCUT2D eigenvalue weighted by atomic mass is 10.1. The fourth-order valence-corrected chi connectivity index (χ4v) is 1.91. The SMILES string of the molecule is O=C(O)COCCNC(=O)CCc1cccc(Br)c1. The summed E-state index contributed by atoms with van der Waals surface area (Å²) in [6.07, 6.45) is 1.07. The molecule has 0 aliphatic rings. The fraction of sp³-hybridized carbons (Fsp3) is 0.385. The van der Waals surface area contributed by atoms with Crippen molar-refractivity contribution in [1.82, 2.24) is 5.32 Å². The summed E-state index contributed by atoms with van der Waals surface area (Å²) in [4.78, 5) is 21.7. The lowest BCUT2D eigenvalue weighted by molar-refractivity contribution is -0.142. The number of carbonyl (C=O) groups excluding carboxylic acids is 1. The van der Waals surface area contributed by atoms with E-state index in [2.05, 4.69) is 21.2 Å². The summed E-state index contributed by atoms with van der Waals surface area (Å²) in [5, 5.41) is 11.0. The molecule has 1 amide bonds. The van der Waals surface area contributed by atoms with Gasteiger partial charge >= 0.3 is 5.97 Å². The number of rotatable bonds is 8. The third-order valence-electron chi connectivity index (χ3n) is 2.32. The Bertz CT molecular complexity index is 436. The number of hydrogen-bond acceptors (Lipinski definition) is 3. The van der Waals surface area contributed by atoms with Crippen LogP contribution in [0.25, 0.3) is 0 Å². The Hall–Kier alpha value is -1.40. The van der Waals surface area contributed by atoms with Crippen molar-refractivity contribution in [1.29, 1.82) is 0 Å². The number of carboxylic acid groups (broad SMARTS) is 1. The minimum absolute atomic E-state index is 0.0705. The maximum absolute atomic E-state index is 11.5. The van der Waals surface area contributed by atoms with Gasteiger partial charge in [-0.1, -0.05) is 28.1 Å². The van der Waals surface area contributed by atoms with E-state index < -0.39 is 5.97 Å². The molecule has 0 aliphatic carbocycles. The molecule has 0 radical (unpaired) electrons. The monoisotopic (exact) mass is 329 g/mol. The second kappa shape index (κ2) is 8.66. The summed E-state index contributed by atoms with van der Waals surface area (Å²) in [6.45, 7) is 0.188. The van der Waals surface area contributed by atoms with Gasteiger partial charge in [-0.2, -0.15) is 0 Å². The molecule has 1 rings (SSSR count). The van der Waals surface area contributed by atoms with Crippen LogP contribution in [-0.4, -0.2) is 36.7 Å². The normalized spacial score (nSPS) is 10.2. The summed E-state index contributed by atoms with van der Waals surface area (Å²) >= 11 is 3.37. The molecular weight excluding hydrogens is 314 g/mol. The molecule has 0 fully saturated rings. The van der Waals surface area contributed by atoms with Crippen LogP contribution < -0.4 is 5.32 Å². The van der Waals surface area contributed by atoms with E-state index in [9.17, 15) is 9.59 Å². The van der Waals surface area contributed by atoms with Crippen LogP contribution in [-0.2, 0) is 20.7 Å². The Balaban J connectivity index is 2.13. The molecule has 1 aromatic carbocycles. The smallest absolute Gasteiger partial charge is 0.329 e. The molecule has 0 spiro atoms. The molecule has 1 aromatic rings. The number of aryl methyl sites for hydroxylation is 1. The average Bonchev–Trinajstić information content (AvgIpc) is 2.35. The van der Waals surface area contributed by atoms with Gasteiger partial charge in [-0.25, -0.2) is 4.79 Å². The summed E-state index contributed by atoms with van der Waals surface area (Å²) < 4.78 is 5.80. The van der Waals surface area contributed by atoms with E-state index >= 15 is 0 Å². The zero-order valence-electron chi connectivity index (χ0n) is 10.4. The zero-order valence-corrected chi connectivity index (χ0v) is 12.0. The van der Waals surface area contributed by atoms with Crippen molar-refractivity contribution in [3.8, 4) is 0 Å². The van der Waals surface area contributed by atoms with Gasteiger partial charge in [0.25, 0.3) is 0 Å². The molecule has 0 aliphatic heterocycles. The second-order valence-electron chi connectivity index (χ2n) is 3.93. The molecule has 6 heteroatoms. The number of benzene rings is 1. The first kappa shape index (κ1) is 15.7. The van der Waals surface area contributed by atoms with Crippen molar-refractivity contribution in [2.45, 2.75) is 12.8 Å². The van der Waals surface area contributed by atoms with E-state index in [1.165, 1.54) is 0 Å². The Kier molecular flexibility index (Phi) is 7.14. The van der Waals surface area contributed by atoms with E-state index in [0.717, 1.165) is 10.0 Å². The summed E-state index contributed by atoms with van der Waals surface area (Å²) in [5.41, 5.74) is 1.09. The number of halogens is 1. The highest BCUT2D eigenvalue weighted by atomic mass is 79.9. The van der Waals surface area contributed by atoms with Crippen LogP contribution in [0.5, 0.6) is 0 Å². The van der Waals surface area contributed by atoms with Crippen LogP contribution in [0.2, 0.25) is 0 Å². The molecule has 0 aromatic heterocycles. The highest BCUT2D eigenvalue weighted by Gasteiger charge is 2.02. The number of carboxylic acids is 1. The number of nitrogens with one attached hydrogen (secondary N) is 1. The number of aliphatic carboxylic acids is 1. The highest BCUT2D eigenvalue weighted by molar-refractivity contribution is 9.10. The molecule has 0 unspecified atom stereocenters. The van der Waals surface area contributed by atoms with Crippen molar-refractivity contribution in [2.75, 3.05) is 19.8 Å². The van der Waals surface area contributed by atoms with Crippen LogP contribution in [0.1, 0.15) is 12.0 Å². The van der Waals surface area contributed by atoms with Gasteiger partial charge in [0.15, 0.2) is 0 Å². The lowest BCUT2D eigenvalue weighted by Crippen LogP contribution is -2.28. The zero-order chi connectivity index (χ0) is 14.1. The third kappa shape index (κ3) is 7.58. The first-order valence-corrected chi connectivity index (χ1v) is 6.68. The molecule has 104 valence electrons. The van der Waals surface area contributed by atoms with Gasteiger partial charge in [0.1, 0.15) is 6.61 Å². The Morgan fingerprint density at radius 2 is 2.16 bits per heavy atom. The molecule has 0 atom stereocenters. The number of amides is 1. The summed E-state index contributed by atoms with van der Waals surface area (Å²) in [5.74, 6) is -1.08. The van der Waals surface area contributed by atoms with Crippen LogP contribution in [0.15, 0.2) is 28.7 Å². The minimum Gasteiger partial charge on any atom is -0.480 e. The average molecular weight is 330 g/mol.